The topological polar surface area (TPSA) is 105 Å². The molecule has 5 rings (SSSR count). The number of alkyl halides is 3. The first-order valence-electron chi connectivity index (χ1n) is 13.1. The number of amides is 1. The monoisotopic (exact) mass is 563 g/mol. The normalized spacial score (nSPS) is 13.5. The molecule has 4 aromatic rings. The molecule has 1 saturated heterocycles. The summed E-state index contributed by atoms with van der Waals surface area (Å²) in [6.45, 7) is 3.23. The Morgan fingerprint density at radius 2 is 1.80 bits per heavy atom. The van der Waals surface area contributed by atoms with Crippen molar-refractivity contribution < 1.29 is 22.7 Å². The van der Waals surface area contributed by atoms with Crippen molar-refractivity contribution in [2.75, 3.05) is 35.7 Å². The number of ether oxygens (including phenoxy) is 1. The van der Waals surface area contributed by atoms with E-state index in [9.17, 15) is 18.0 Å². The highest BCUT2D eigenvalue weighted by atomic mass is 19.4. The molecule has 0 radical (unpaired) electrons. The summed E-state index contributed by atoms with van der Waals surface area (Å²) < 4.78 is 46.7. The highest BCUT2D eigenvalue weighted by Crippen LogP contribution is 2.37. The molecule has 0 bridgehead atoms. The predicted molar refractivity (Wildman–Crippen MR) is 149 cm³/mol. The second-order valence-corrected chi connectivity index (χ2v) is 9.55. The number of nitrogens with one attached hydrogen (secondary N) is 2. The SMILES string of the molecule is CNc1ncnc(-c2cccnc2Oc2cc(C(=O)Nc3cc(C(F)(F)F)ccc3N3CCCCC3)ccc2C)n1. The summed E-state index contributed by atoms with van der Waals surface area (Å²) in [6.07, 6.45) is 1.31. The van der Waals surface area contributed by atoms with Crippen LogP contribution in [0, 0.1) is 6.92 Å². The maximum atomic E-state index is 13.5. The number of carbonyl (C=O) groups is 1. The Labute approximate surface area is 234 Å². The van der Waals surface area contributed by atoms with E-state index in [2.05, 4.69) is 30.6 Å². The van der Waals surface area contributed by atoms with Gasteiger partial charge < -0.3 is 20.3 Å². The molecule has 1 aliphatic rings. The number of anilines is 3. The molecule has 1 fully saturated rings. The van der Waals surface area contributed by atoms with Crippen molar-refractivity contribution in [2.45, 2.75) is 32.4 Å². The number of aromatic nitrogens is 4. The number of pyridine rings is 1. The summed E-state index contributed by atoms with van der Waals surface area (Å²) in [5.41, 5.74) is 1.28. The van der Waals surface area contributed by atoms with Gasteiger partial charge in [-0.05, 0) is 74.2 Å². The lowest BCUT2D eigenvalue weighted by Gasteiger charge is -2.31. The van der Waals surface area contributed by atoms with Crippen molar-refractivity contribution in [1.29, 1.82) is 0 Å². The van der Waals surface area contributed by atoms with Gasteiger partial charge in [0.05, 0.1) is 22.5 Å². The summed E-state index contributed by atoms with van der Waals surface area (Å²) >= 11 is 0. The number of nitrogens with zero attached hydrogens (tertiary/aromatic N) is 5. The van der Waals surface area contributed by atoms with Gasteiger partial charge in [0.1, 0.15) is 12.1 Å². The van der Waals surface area contributed by atoms with Gasteiger partial charge in [0, 0.05) is 31.9 Å². The van der Waals surface area contributed by atoms with E-state index in [1.54, 1.807) is 37.5 Å². The van der Waals surface area contributed by atoms with Crippen LogP contribution in [0.1, 0.15) is 40.7 Å². The minimum Gasteiger partial charge on any atom is -0.438 e. The van der Waals surface area contributed by atoms with Crippen molar-refractivity contribution in [3.05, 3.63) is 77.7 Å². The minimum atomic E-state index is -4.54. The van der Waals surface area contributed by atoms with Crippen molar-refractivity contribution >= 4 is 23.2 Å². The number of halogens is 3. The van der Waals surface area contributed by atoms with Crippen LogP contribution in [-0.2, 0) is 6.18 Å². The van der Waals surface area contributed by atoms with Crippen LogP contribution in [0.4, 0.5) is 30.5 Å². The predicted octanol–water partition coefficient (Wildman–Crippen LogP) is 6.34. The van der Waals surface area contributed by atoms with Crippen molar-refractivity contribution in [2.24, 2.45) is 0 Å². The van der Waals surface area contributed by atoms with Crippen LogP contribution >= 0.6 is 0 Å². The molecule has 0 saturated carbocycles. The van der Waals surface area contributed by atoms with E-state index in [1.807, 2.05) is 11.8 Å². The summed E-state index contributed by atoms with van der Waals surface area (Å²) in [5.74, 6) is 0.712. The van der Waals surface area contributed by atoms with E-state index in [0.29, 0.717) is 41.9 Å². The van der Waals surface area contributed by atoms with Crippen LogP contribution in [0.25, 0.3) is 11.4 Å². The van der Waals surface area contributed by atoms with E-state index < -0.39 is 17.6 Å². The van der Waals surface area contributed by atoms with Gasteiger partial charge in [-0.3, -0.25) is 4.79 Å². The van der Waals surface area contributed by atoms with E-state index in [-0.39, 0.29) is 17.1 Å². The van der Waals surface area contributed by atoms with Crippen molar-refractivity contribution in [3.63, 3.8) is 0 Å². The molecular formula is C29H28F3N7O2. The van der Waals surface area contributed by atoms with Gasteiger partial charge in [-0.1, -0.05) is 6.07 Å². The molecule has 9 nitrogen and oxygen atoms in total. The van der Waals surface area contributed by atoms with Gasteiger partial charge in [0.15, 0.2) is 5.82 Å². The fraction of sp³-hybridized carbons (Fsp3) is 0.276. The Hall–Kier alpha value is -4.74. The Balaban J connectivity index is 1.44. The fourth-order valence-corrected chi connectivity index (χ4v) is 4.56. The first-order chi connectivity index (χ1) is 19.7. The minimum absolute atomic E-state index is 0.108. The quantitative estimate of drug-likeness (QED) is 0.269. The van der Waals surface area contributed by atoms with E-state index >= 15 is 0 Å². The van der Waals surface area contributed by atoms with Gasteiger partial charge in [-0.2, -0.15) is 18.2 Å². The second kappa shape index (κ2) is 11.8. The van der Waals surface area contributed by atoms with Crippen LogP contribution in [0.5, 0.6) is 11.6 Å². The highest BCUT2D eigenvalue weighted by molar-refractivity contribution is 6.06. The molecule has 1 aliphatic heterocycles. The van der Waals surface area contributed by atoms with Crippen LogP contribution < -0.4 is 20.3 Å². The summed E-state index contributed by atoms with van der Waals surface area (Å²) in [7, 11) is 1.69. The lowest BCUT2D eigenvalue weighted by Crippen LogP contribution is -2.30. The van der Waals surface area contributed by atoms with Gasteiger partial charge in [-0.25, -0.2) is 15.0 Å². The van der Waals surface area contributed by atoms with Gasteiger partial charge in [0.2, 0.25) is 11.8 Å². The maximum Gasteiger partial charge on any atom is 0.416 e. The van der Waals surface area contributed by atoms with Crippen LogP contribution in [0.3, 0.4) is 0 Å². The number of aryl methyl sites for hydroxylation is 1. The zero-order valence-electron chi connectivity index (χ0n) is 22.5. The third-order valence-electron chi connectivity index (χ3n) is 6.73. The van der Waals surface area contributed by atoms with Gasteiger partial charge in [-0.15, -0.1) is 0 Å². The third kappa shape index (κ3) is 6.37. The van der Waals surface area contributed by atoms with Crippen LogP contribution in [0.15, 0.2) is 61.1 Å². The number of carbonyl (C=O) groups excluding carboxylic acids is 1. The molecule has 212 valence electrons. The van der Waals surface area contributed by atoms with Crippen LogP contribution in [0.2, 0.25) is 0 Å². The molecule has 0 atom stereocenters. The molecule has 12 heteroatoms. The molecule has 3 heterocycles. The number of hydrogen-bond acceptors (Lipinski definition) is 8. The Bertz CT molecular complexity index is 1560. The molecule has 2 N–H and O–H groups in total. The van der Waals surface area contributed by atoms with Gasteiger partial charge >= 0.3 is 6.18 Å². The summed E-state index contributed by atoms with van der Waals surface area (Å²) in [5, 5.41) is 5.57. The van der Waals surface area contributed by atoms with Crippen LogP contribution in [-0.4, -0.2) is 46.0 Å². The van der Waals surface area contributed by atoms with Crippen molar-refractivity contribution in [1.82, 2.24) is 19.9 Å². The Kier molecular flexibility index (Phi) is 7.99. The molecule has 1 amide bonds. The largest absolute Gasteiger partial charge is 0.438 e. The third-order valence-corrected chi connectivity index (χ3v) is 6.73. The number of piperidine rings is 1. The Morgan fingerprint density at radius 3 is 2.56 bits per heavy atom. The van der Waals surface area contributed by atoms with Gasteiger partial charge in [0.25, 0.3) is 5.91 Å². The Morgan fingerprint density at radius 1 is 1.00 bits per heavy atom. The first kappa shape index (κ1) is 27.8. The zero-order valence-corrected chi connectivity index (χ0v) is 22.5. The van der Waals surface area contributed by atoms with E-state index in [4.69, 9.17) is 4.74 Å². The second-order valence-electron chi connectivity index (χ2n) is 9.55. The molecule has 2 aromatic heterocycles. The highest BCUT2D eigenvalue weighted by Gasteiger charge is 2.32. The maximum absolute atomic E-state index is 13.5. The molecule has 41 heavy (non-hydrogen) atoms. The smallest absolute Gasteiger partial charge is 0.416 e. The number of hydrogen-bond donors (Lipinski definition) is 2. The number of benzene rings is 2. The number of rotatable bonds is 7. The molecule has 0 aliphatic carbocycles. The van der Waals surface area contributed by atoms with E-state index in [1.165, 1.54) is 18.5 Å². The first-order valence-corrected chi connectivity index (χ1v) is 13.1. The molecule has 0 unspecified atom stereocenters. The summed E-state index contributed by atoms with van der Waals surface area (Å²) in [4.78, 5) is 32.3. The summed E-state index contributed by atoms with van der Waals surface area (Å²) in [6, 6.07) is 11.8. The lowest BCUT2D eigenvalue weighted by atomic mass is 10.1. The van der Waals surface area contributed by atoms with E-state index in [0.717, 1.165) is 37.0 Å². The standard InChI is InChI=1S/C29H28F3N7O2/c1-18-8-9-19(15-24(18)41-27-21(7-6-12-34-27)25-35-17-36-28(33-2)38-25)26(40)37-22-16-20(29(30,31)32)10-11-23(22)39-13-4-3-5-14-39/h6-12,15-17H,3-5,13-14H2,1-2H3,(H,37,40)(H,33,35,36,38). The molecule has 0 spiro atoms. The lowest BCUT2D eigenvalue weighted by molar-refractivity contribution is -0.137. The fourth-order valence-electron chi connectivity index (χ4n) is 4.56. The molecule has 2 aromatic carbocycles. The zero-order chi connectivity index (χ0) is 29.0. The average molecular weight is 564 g/mol. The van der Waals surface area contributed by atoms with Crippen molar-refractivity contribution in [3.8, 4) is 23.0 Å². The average Bonchev–Trinajstić information content (AvgIpc) is 2.98. The molecular weight excluding hydrogens is 535 g/mol.